The summed E-state index contributed by atoms with van der Waals surface area (Å²) in [5.74, 6) is 0.340. The Morgan fingerprint density at radius 1 is 1.07 bits per heavy atom. The number of aromatic nitrogens is 2. The fourth-order valence-corrected chi connectivity index (χ4v) is 6.00. The molecule has 0 aliphatic carbocycles. The Bertz CT molecular complexity index is 1010. The molecule has 6 nitrogen and oxygen atoms in total. The van der Waals surface area contributed by atoms with E-state index in [1.807, 2.05) is 10.6 Å². The van der Waals surface area contributed by atoms with Gasteiger partial charge in [0, 0.05) is 62.6 Å². The fraction of sp³-hybridized carbons (Fsp3) is 0.565. The van der Waals surface area contributed by atoms with E-state index in [1.54, 1.807) is 12.3 Å². The lowest BCUT2D eigenvalue weighted by atomic mass is 9.82. The number of piperidine rings is 1. The van der Waals surface area contributed by atoms with Crippen LogP contribution in [0.4, 0.5) is 10.1 Å². The summed E-state index contributed by atoms with van der Waals surface area (Å²) in [6.45, 7) is 4.80. The Labute approximate surface area is 175 Å². The number of rotatable bonds is 3. The number of ether oxygens (including phenoxy) is 1. The summed E-state index contributed by atoms with van der Waals surface area (Å²) in [4.78, 5) is 21.7. The predicted molar refractivity (Wildman–Crippen MR) is 111 cm³/mol. The standard InChI is InChI=1S/C23H27FN4O2/c24-20-8-25-6-5-22(20)27-9-15-7-17(12-27)21-4-1-16(23(29)28(21)10-15)11-26-13-18-2-3-19(14-26)30-18/h1,4-6,8,15,17-19H,2-3,7,9-14H2/t15-,17+,18-,19+/m0/s1. The third-order valence-electron chi connectivity index (χ3n) is 7.29. The van der Waals surface area contributed by atoms with Crippen LogP contribution in [0.5, 0.6) is 0 Å². The van der Waals surface area contributed by atoms with Crippen LogP contribution in [0.25, 0.3) is 0 Å². The van der Waals surface area contributed by atoms with E-state index >= 15 is 0 Å². The van der Waals surface area contributed by atoms with E-state index in [-0.39, 0.29) is 17.3 Å². The van der Waals surface area contributed by atoms with Crippen LogP contribution in [-0.2, 0) is 17.8 Å². The van der Waals surface area contributed by atoms with Crippen LogP contribution >= 0.6 is 0 Å². The van der Waals surface area contributed by atoms with Gasteiger partial charge in [-0.2, -0.15) is 0 Å². The van der Waals surface area contributed by atoms with E-state index in [0.717, 1.165) is 63.2 Å². The zero-order chi connectivity index (χ0) is 20.2. The third kappa shape index (κ3) is 3.15. The van der Waals surface area contributed by atoms with Crippen molar-refractivity contribution in [1.29, 1.82) is 0 Å². The summed E-state index contributed by atoms with van der Waals surface area (Å²) < 4.78 is 22.2. The molecule has 7 heteroatoms. The monoisotopic (exact) mass is 410 g/mol. The Morgan fingerprint density at radius 2 is 1.90 bits per heavy atom. The average molecular weight is 410 g/mol. The molecule has 30 heavy (non-hydrogen) atoms. The predicted octanol–water partition coefficient (Wildman–Crippen LogP) is 2.37. The van der Waals surface area contributed by atoms with Gasteiger partial charge in [-0.3, -0.25) is 14.7 Å². The van der Waals surface area contributed by atoms with Crippen LogP contribution in [-0.4, -0.2) is 52.8 Å². The average Bonchev–Trinajstić information content (AvgIpc) is 3.09. The van der Waals surface area contributed by atoms with Crippen molar-refractivity contribution in [1.82, 2.24) is 14.5 Å². The normalized spacial score (nSPS) is 30.4. The molecule has 3 fully saturated rings. The summed E-state index contributed by atoms with van der Waals surface area (Å²) in [6, 6.07) is 5.92. The van der Waals surface area contributed by atoms with Crippen LogP contribution in [0.2, 0.25) is 0 Å². The first-order valence-corrected chi connectivity index (χ1v) is 11.1. The second-order valence-corrected chi connectivity index (χ2v) is 9.38. The highest BCUT2D eigenvalue weighted by atomic mass is 19.1. The molecule has 6 heterocycles. The molecule has 4 atom stereocenters. The molecule has 0 radical (unpaired) electrons. The second kappa shape index (κ2) is 7.17. The highest BCUT2D eigenvalue weighted by Gasteiger charge is 2.37. The van der Waals surface area contributed by atoms with Gasteiger partial charge in [0.1, 0.15) is 0 Å². The molecule has 3 saturated heterocycles. The minimum Gasteiger partial charge on any atom is -0.372 e. The lowest BCUT2D eigenvalue weighted by molar-refractivity contribution is -0.0412. The van der Waals surface area contributed by atoms with E-state index in [0.29, 0.717) is 30.4 Å². The molecule has 158 valence electrons. The van der Waals surface area contributed by atoms with Crippen molar-refractivity contribution >= 4 is 5.69 Å². The topological polar surface area (TPSA) is 50.6 Å². The van der Waals surface area contributed by atoms with Gasteiger partial charge in [0.2, 0.25) is 0 Å². The SMILES string of the molecule is O=c1c(CN2C[C@H]3CC[C@@H](C2)O3)ccc2n1C[C@H]1C[C@@H]2CN(c2ccncc2F)C1. The maximum absolute atomic E-state index is 14.3. The first-order valence-electron chi connectivity index (χ1n) is 11.1. The molecule has 0 aromatic carbocycles. The maximum Gasteiger partial charge on any atom is 0.255 e. The molecule has 4 aliphatic rings. The molecule has 0 saturated carbocycles. The van der Waals surface area contributed by atoms with E-state index in [2.05, 4.69) is 20.9 Å². The molecular formula is C23H27FN4O2. The van der Waals surface area contributed by atoms with Crippen molar-refractivity contribution in [3.8, 4) is 0 Å². The molecule has 0 spiro atoms. The molecule has 0 amide bonds. The molecule has 4 aliphatic heterocycles. The van der Waals surface area contributed by atoms with Gasteiger partial charge in [0.25, 0.3) is 5.56 Å². The maximum atomic E-state index is 14.3. The van der Waals surface area contributed by atoms with Gasteiger partial charge in [-0.05, 0) is 37.3 Å². The molecule has 4 bridgehead atoms. The van der Waals surface area contributed by atoms with E-state index in [1.165, 1.54) is 6.20 Å². The molecule has 0 unspecified atom stereocenters. The highest BCUT2D eigenvalue weighted by molar-refractivity contribution is 5.47. The Balaban J connectivity index is 1.25. The lowest BCUT2D eigenvalue weighted by Gasteiger charge is -2.44. The molecule has 2 aromatic heterocycles. The number of likely N-dealkylation sites (tertiary alicyclic amines) is 1. The molecule has 2 aromatic rings. The summed E-state index contributed by atoms with van der Waals surface area (Å²) >= 11 is 0. The van der Waals surface area contributed by atoms with Gasteiger partial charge < -0.3 is 14.2 Å². The second-order valence-electron chi connectivity index (χ2n) is 9.38. The Hall–Kier alpha value is -2.25. The van der Waals surface area contributed by atoms with Crippen LogP contribution in [0.3, 0.4) is 0 Å². The Kier molecular flexibility index (Phi) is 4.42. The van der Waals surface area contributed by atoms with Gasteiger partial charge in [0.15, 0.2) is 5.82 Å². The summed E-state index contributed by atoms with van der Waals surface area (Å²) in [6.07, 6.45) is 6.94. The number of fused-ring (bicyclic) bond motifs is 6. The van der Waals surface area contributed by atoms with Gasteiger partial charge in [-0.1, -0.05) is 6.07 Å². The van der Waals surface area contributed by atoms with E-state index in [9.17, 15) is 9.18 Å². The number of hydrogen-bond acceptors (Lipinski definition) is 5. The number of pyridine rings is 2. The van der Waals surface area contributed by atoms with Gasteiger partial charge in [-0.15, -0.1) is 0 Å². The first-order chi connectivity index (χ1) is 14.6. The van der Waals surface area contributed by atoms with Crippen LogP contribution < -0.4 is 10.5 Å². The van der Waals surface area contributed by atoms with Crippen molar-refractivity contribution in [2.45, 2.75) is 50.5 Å². The molecular weight excluding hydrogens is 383 g/mol. The zero-order valence-corrected chi connectivity index (χ0v) is 17.0. The number of nitrogens with zero attached hydrogens (tertiary/aromatic N) is 4. The Morgan fingerprint density at radius 3 is 2.70 bits per heavy atom. The third-order valence-corrected chi connectivity index (χ3v) is 7.29. The van der Waals surface area contributed by atoms with Crippen molar-refractivity contribution in [3.05, 3.63) is 58.0 Å². The van der Waals surface area contributed by atoms with Crippen molar-refractivity contribution in [3.63, 3.8) is 0 Å². The summed E-state index contributed by atoms with van der Waals surface area (Å²) in [5.41, 5.74) is 2.76. The van der Waals surface area contributed by atoms with E-state index in [4.69, 9.17) is 4.74 Å². The van der Waals surface area contributed by atoms with Crippen molar-refractivity contribution in [2.24, 2.45) is 5.92 Å². The van der Waals surface area contributed by atoms with Crippen LogP contribution in [0, 0.1) is 11.7 Å². The first kappa shape index (κ1) is 18.5. The van der Waals surface area contributed by atoms with Gasteiger partial charge in [-0.25, -0.2) is 4.39 Å². The summed E-state index contributed by atoms with van der Waals surface area (Å²) in [7, 11) is 0. The van der Waals surface area contributed by atoms with Crippen LogP contribution in [0.15, 0.2) is 35.4 Å². The van der Waals surface area contributed by atoms with Crippen molar-refractivity contribution < 1.29 is 9.13 Å². The summed E-state index contributed by atoms with van der Waals surface area (Å²) in [5, 5.41) is 0. The van der Waals surface area contributed by atoms with Crippen molar-refractivity contribution in [2.75, 3.05) is 31.1 Å². The minimum absolute atomic E-state index is 0.157. The number of hydrogen-bond donors (Lipinski definition) is 0. The lowest BCUT2D eigenvalue weighted by Crippen LogP contribution is -2.48. The van der Waals surface area contributed by atoms with Crippen LogP contribution in [0.1, 0.15) is 36.4 Å². The quantitative estimate of drug-likeness (QED) is 0.778. The smallest absolute Gasteiger partial charge is 0.255 e. The van der Waals surface area contributed by atoms with E-state index < -0.39 is 0 Å². The fourth-order valence-electron chi connectivity index (χ4n) is 6.00. The zero-order valence-electron chi connectivity index (χ0n) is 17.0. The number of morpholine rings is 1. The van der Waals surface area contributed by atoms with Gasteiger partial charge in [0.05, 0.1) is 24.1 Å². The minimum atomic E-state index is -0.273. The largest absolute Gasteiger partial charge is 0.372 e. The van der Waals surface area contributed by atoms with Gasteiger partial charge >= 0.3 is 0 Å². The molecule has 0 N–H and O–H groups in total. The molecule has 6 rings (SSSR count). The number of halogens is 1. The number of anilines is 1. The highest BCUT2D eigenvalue weighted by Crippen LogP contribution is 2.37.